The van der Waals surface area contributed by atoms with Gasteiger partial charge in [-0.1, -0.05) is 48.8 Å². The molecule has 1 N–H and O–H groups in total. The number of carbonyl (C=O) groups excluding carboxylic acids is 1. The van der Waals surface area contributed by atoms with Crippen LogP contribution in [0, 0.1) is 17.8 Å². The number of aryl methyl sites for hydroxylation is 1. The fourth-order valence-corrected chi connectivity index (χ4v) is 4.60. The number of nitrogens with one attached hydrogen (secondary N) is 1. The molecule has 1 aromatic rings. The highest BCUT2D eigenvalue weighted by atomic mass is 16.6. The van der Waals surface area contributed by atoms with E-state index >= 15 is 0 Å². The quantitative estimate of drug-likeness (QED) is 0.707. The maximum absolute atomic E-state index is 13.4. The molecule has 3 rings (SSSR count). The Labute approximate surface area is 181 Å². The van der Waals surface area contributed by atoms with Gasteiger partial charge in [0.15, 0.2) is 0 Å². The molecule has 2 aliphatic heterocycles. The van der Waals surface area contributed by atoms with E-state index in [1.165, 1.54) is 5.56 Å². The summed E-state index contributed by atoms with van der Waals surface area (Å²) in [5, 5.41) is 7.59. The van der Waals surface area contributed by atoms with Crippen molar-refractivity contribution in [1.82, 2.24) is 10.2 Å². The Morgan fingerprint density at radius 3 is 2.53 bits per heavy atom. The van der Waals surface area contributed by atoms with Gasteiger partial charge in [-0.25, -0.2) is 0 Å². The van der Waals surface area contributed by atoms with E-state index in [4.69, 9.17) is 9.57 Å². The van der Waals surface area contributed by atoms with Crippen LogP contribution in [0.25, 0.3) is 0 Å². The average Bonchev–Trinajstić information content (AvgIpc) is 3.14. The fraction of sp³-hybridized carbons (Fsp3) is 0.667. The minimum atomic E-state index is -0.449. The average molecular weight is 416 g/mol. The Kier molecular flexibility index (Phi) is 7.19. The summed E-state index contributed by atoms with van der Waals surface area (Å²) in [5.41, 5.74) is 2.85. The third-order valence-corrected chi connectivity index (χ3v) is 6.14. The monoisotopic (exact) mass is 415 g/mol. The third kappa shape index (κ3) is 5.82. The van der Waals surface area contributed by atoms with Crippen molar-refractivity contribution in [3.63, 3.8) is 0 Å². The van der Waals surface area contributed by atoms with Gasteiger partial charge in [-0.2, -0.15) is 0 Å². The van der Waals surface area contributed by atoms with E-state index in [0.717, 1.165) is 37.1 Å². The lowest BCUT2D eigenvalue weighted by molar-refractivity contribution is -0.140. The largest absolute Gasteiger partial charge is 0.392 e. The number of nitrogens with zero attached hydrogens (tertiary/aromatic N) is 2. The van der Waals surface area contributed by atoms with Crippen molar-refractivity contribution in [1.29, 1.82) is 0 Å². The summed E-state index contributed by atoms with van der Waals surface area (Å²) in [6.07, 6.45) is 2.81. The zero-order valence-corrected chi connectivity index (χ0v) is 19.2. The molecule has 1 amide bonds. The van der Waals surface area contributed by atoms with Gasteiger partial charge in [0, 0.05) is 39.1 Å². The normalized spacial score (nSPS) is 21.3. The molecule has 1 saturated heterocycles. The molecule has 0 radical (unpaired) electrons. The zero-order chi connectivity index (χ0) is 21.8. The number of ether oxygens (including phenoxy) is 1. The molecule has 166 valence electrons. The Morgan fingerprint density at radius 2 is 1.90 bits per heavy atom. The molecule has 1 unspecified atom stereocenters. The summed E-state index contributed by atoms with van der Waals surface area (Å²) in [7, 11) is 4.12. The topological polar surface area (TPSA) is 63.2 Å². The molecular formula is C24H37N3O3. The summed E-state index contributed by atoms with van der Waals surface area (Å²) >= 11 is 0. The van der Waals surface area contributed by atoms with Gasteiger partial charge in [-0.15, -0.1) is 0 Å². The van der Waals surface area contributed by atoms with Crippen LogP contribution >= 0.6 is 0 Å². The van der Waals surface area contributed by atoms with Crippen molar-refractivity contribution < 1.29 is 14.4 Å². The second-order valence-electron chi connectivity index (χ2n) is 10.0. The SMILES string of the molecule is Cc1ccc(C2=NOC(CC3(C(=O)NCC(C)(C)CN(C)C)CCOCC3)C2)cc1. The van der Waals surface area contributed by atoms with E-state index in [-0.39, 0.29) is 17.4 Å². The highest BCUT2D eigenvalue weighted by Crippen LogP contribution is 2.39. The van der Waals surface area contributed by atoms with E-state index in [0.29, 0.717) is 26.2 Å². The fourth-order valence-electron chi connectivity index (χ4n) is 4.60. The first kappa shape index (κ1) is 22.8. The third-order valence-electron chi connectivity index (χ3n) is 6.14. The van der Waals surface area contributed by atoms with Crippen molar-refractivity contribution in [3.05, 3.63) is 35.4 Å². The van der Waals surface area contributed by atoms with Crippen LogP contribution < -0.4 is 5.32 Å². The standard InChI is InChI=1S/C24H37N3O3/c1-18-6-8-19(9-7-18)21-14-20(30-26-21)15-24(10-12-29-13-11-24)22(28)25-16-23(2,3)17-27(4)5/h6-9,20H,10-17H2,1-5H3,(H,25,28). The van der Waals surface area contributed by atoms with Gasteiger partial charge in [-0.3, -0.25) is 4.79 Å². The van der Waals surface area contributed by atoms with Crippen LogP contribution in [-0.4, -0.2) is 63.0 Å². The van der Waals surface area contributed by atoms with Crippen molar-refractivity contribution in [2.75, 3.05) is 40.4 Å². The second kappa shape index (κ2) is 9.48. The van der Waals surface area contributed by atoms with E-state index < -0.39 is 5.41 Å². The number of carbonyl (C=O) groups is 1. The minimum absolute atomic E-state index is 0.0110. The number of rotatable bonds is 8. The molecule has 0 bridgehead atoms. The number of hydrogen-bond acceptors (Lipinski definition) is 5. The van der Waals surface area contributed by atoms with Crippen molar-refractivity contribution in [2.24, 2.45) is 16.0 Å². The molecule has 2 heterocycles. The molecule has 1 aromatic carbocycles. The molecule has 1 fully saturated rings. The van der Waals surface area contributed by atoms with Crippen molar-refractivity contribution >= 4 is 11.6 Å². The van der Waals surface area contributed by atoms with E-state index in [1.807, 2.05) is 0 Å². The molecule has 1 atom stereocenters. The number of hydrogen-bond donors (Lipinski definition) is 1. The van der Waals surface area contributed by atoms with Gasteiger partial charge in [0.1, 0.15) is 6.10 Å². The molecule has 0 aliphatic carbocycles. The summed E-state index contributed by atoms with van der Waals surface area (Å²) in [6, 6.07) is 8.36. The van der Waals surface area contributed by atoms with Crippen LogP contribution in [0.1, 0.15) is 50.7 Å². The van der Waals surface area contributed by atoms with Crippen LogP contribution in [0.3, 0.4) is 0 Å². The second-order valence-corrected chi connectivity index (χ2v) is 10.0. The van der Waals surface area contributed by atoms with Crippen LogP contribution in [-0.2, 0) is 14.4 Å². The first-order valence-electron chi connectivity index (χ1n) is 11.0. The van der Waals surface area contributed by atoms with Gasteiger partial charge < -0.3 is 19.8 Å². The molecule has 6 heteroatoms. The lowest BCUT2D eigenvalue weighted by Crippen LogP contribution is -2.49. The van der Waals surface area contributed by atoms with Gasteiger partial charge >= 0.3 is 0 Å². The highest BCUT2D eigenvalue weighted by molar-refractivity contribution is 6.01. The Morgan fingerprint density at radius 1 is 1.23 bits per heavy atom. The van der Waals surface area contributed by atoms with Crippen LogP contribution in [0.2, 0.25) is 0 Å². The molecule has 30 heavy (non-hydrogen) atoms. The minimum Gasteiger partial charge on any atom is -0.392 e. The molecular weight excluding hydrogens is 378 g/mol. The Bertz CT molecular complexity index is 749. The van der Waals surface area contributed by atoms with Crippen molar-refractivity contribution in [2.45, 2.75) is 52.6 Å². The molecule has 0 spiro atoms. The maximum Gasteiger partial charge on any atom is 0.226 e. The zero-order valence-electron chi connectivity index (χ0n) is 19.2. The van der Waals surface area contributed by atoms with Gasteiger partial charge in [0.05, 0.1) is 11.1 Å². The molecule has 0 aromatic heterocycles. The number of benzene rings is 1. The smallest absolute Gasteiger partial charge is 0.226 e. The van der Waals surface area contributed by atoms with Crippen LogP contribution in [0.15, 0.2) is 29.4 Å². The van der Waals surface area contributed by atoms with Gasteiger partial charge in [0.2, 0.25) is 5.91 Å². The summed E-state index contributed by atoms with van der Waals surface area (Å²) in [5.74, 6) is 0.130. The van der Waals surface area contributed by atoms with E-state index in [1.54, 1.807) is 0 Å². The van der Waals surface area contributed by atoms with E-state index in [2.05, 4.69) is 74.5 Å². The summed E-state index contributed by atoms with van der Waals surface area (Å²) in [6.45, 7) is 9.26. The predicted octanol–water partition coefficient (Wildman–Crippen LogP) is 3.38. The lowest BCUT2D eigenvalue weighted by Gasteiger charge is -2.38. The van der Waals surface area contributed by atoms with Crippen molar-refractivity contribution in [3.8, 4) is 0 Å². The first-order chi connectivity index (χ1) is 14.2. The highest BCUT2D eigenvalue weighted by Gasteiger charge is 2.44. The molecule has 6 nitrogen and oxygen atoms in total. The Balaban J connectivity index is 1.63. The first-order valence-corrected chi connectivity index (χ1v) is 11.0. The maximum atomic E-state index is 13.4. The van der Waals surface area contributed by atoms with E-state index in [9.17, 15) is 4.79 Å². The van der Waals surface area contributed by atoms with Crippen LogP contribution in [0.5, 0.6) is 0 Å². The van der Waals surface area contributed by atoms with Gasteiger partial charge in [-0.05, 0) is 44.8 Å². The Hall–Kier alpha value is -1.92. The van der Waals surface area contributed by atoms with Crippen LogP contribution in [0.4, 0.5) is 0 Å². The number of oxime groups is 1. The number of amides is 1. The van der Waals surface area contributed by atoms with Gasteiger partial charge in [0.25, 0.3) is 0 Å². The lowest BCUT2D eigenvalue weighted by atomic mass is 9.74. The summed E-state index contributed by atoms with van der Waals surface area (Å²) < 4.78 is 5.58. The predicted molar refractivity (Wildman–Crippen MR) is 120 cm³/mol. The molecule has 0 saturated carbocycles. The summed E-state index contributed by atoms with van der Waals surface area (Å²) in [4.78, 5) is 21.3. The molecule has 2 aliphatic rings.